The molecular formula is C21H20F2N2O4S. The van der Waals surface area contributed by atoms with Crippen molar-refractivity contribution in [3.63, 3.8) is 0 Å². The van der Waals surface area contributed by atoms with Crippen LogP contribution in [0.4, 0.5) is 8.78 Å². The first kappa shape index (κ1) is 20.5. The quantitative estimate of drug-likeness (QED) is 0.483. The minimum absolute atomic E-state index is 0.000734. The molecule has 0 amide bonds. The molecule has 2 aromatic carbocycles. The largest absolute Gasteiger partial charge is 0.468 e. The number of rotatable bonds is 7. The Kier molecular flexibility index (Phi) is 5.35. The van der Waals surface area contributed by atoms with Crippen molar-refractivity contribution in [2.24, 2.45) is 0 Å². The predicted octanol–water partition coefficient (Wildman–Crippen LogP) is 3.49. The van der Waals surface area contributed by atoms with Gasteiger partial charge in [-0.15, -0.1) is 0 Å². The zero-order valence-corrected chi connectivity index (χ0v) is 16.9. The minimum atomic E-state index is -3.62. The van der Waals surface area contributed by atoms with Gasteiger partial charge in [0.25, 0.3) is 0 Å². The molecule has 2 aromatic heterocycles. The zero-order valence-electron chi connectivity index (χ0n) is 16.1. The number of aromatic nitrogens is 1. The molecule has 1 unspecified atom stereocenters. The number of nitrogens with zero attached hydrogens (tertiary/aromatic N) is 2. The van der Waals surface area contributed by atoms with Crippen LogP contribution in [0.25, 0.3) is 21.8 Å². The molecule has 0 bridgehead atoms. The molecule has 4 rings (SSSR count). The van der Waals surface area contributed by atoms with Crippen LogP contribution < -0.4 is 0 Å². The van der Waals surface area contributed by atoms with Gasteiger partial charge in [-0.25, -0.2) is 17.2 Å². The second-order valence-corrected chi connectivity index (χ2v) is 9.18. The zero-order chi connectivity index (χ0) is 21.5. The number of fused-ring (bicyclic) bond motifs is 3. The average Bonchev–Trinajstić information content (AvgIpc) is 3.28. The van der Waals surface area contributed by atoms with Crippen molar-refractivity contribution >= 4 is 31.8 Å². The van der Waals surface area contributed by atoms with Crippen molar-refractivity contribution < 1.29 is 26.7 Å². The van der Waals surface area contributed by atoms with Gasteiger partial charge in [0, 0.05) is 22.8 Å². The fourth-order valence-electron chi connectivity index (χ4n) is 3.67. The lowest BCUT2D eigenvalue weighted by Gasteiger charge is -2.23. The molecule has 158 valence electrons. The topological polar surface area (TPSA) is 75.7 Å². The van der Waals surface area contributed by atoms with E-state index in [-0.39, 0.29) is 25.0 Å². The molecule has 9 heteroatoms. The number of aliphatic hydroxyl groups excluding tert-OH is 1. The van der Waals surface area contributed by atoms with Crippen molar-refractivity contribution in [2.45, 2.75) is 19.2 Å². The van der Waals surface area contributed by atoms with Gasteiger partial charge in [-0.05, 0) is 42.5 Å². The Morgan fingerprint density at radius 1 is 1.13 bits per heavy atom. The highest BCUT2D eigenvalue weighted by Crippen LogP contribution is 2.31. The SMILES string of the molecule is CS(=O)(=O)N(Cc1ccco1)CC(O)Cn1c2ccc(F)cc2c2c(F)cccc21. The number of hydrogen-bond donors (Lipinski definition) is 1. The number of sulfonamides is 1. The van der Waals surface area contributed by atoms with Gasteiger partial charge in [-0.1, -0.05) is 6.07 Å². The summed E-state index contributed by atoms with van der Waals surface area (Å²) >= 11 is 0. The minimum Gasteiger partial charge on any atom is -0.468 e. The number of halogens is 2. The first-order valence-corrected chi connectivity index (χ1v) is 11.1. The fraction of sp³-hybridized carbons (Fsp3) is 0.238. The van der Waals surface area contributed by atoms with E-state index in [0.717, 1.165) is 10.6 Å². The smallest absolute Gasteiger partial charge is 0.211 e. The van der Waals surface area contributed by atoms with Crippen LogP contribution in [0.5, 0.6) is 0 Å². The normalized spacial score (nSPS) is 13.5. The molecule has 0 aliphatic rings. The Labute approximate surface area is 172 Å². The molecule has 1 N–H and O–H groups in total. The third-order valence-corrected chi connectivity index (χ3v) is 6.21. The molecule has 0 radical (unpaired) electrons. The lowest BCUT2D eigenvalue weighted by atomic mass is 10.1. The summed E-state index contributed by atoms with van der Waals surface area (Å²) < 4.78 is 60.6. The van der Waals surface area contributed by atoms with Crippen LogP contribution in [0.15, 0.2) is 59.2 Å². The maximum absolute atomic E-state index is 14.5. The third-order valence-electron chi connectivity index (χ3n) is 4.99. The summed E-state index contributed by atoms with van der Waals surface area (Å²) in [5, 5.41) is 11.4. The van der Waals surface area contributed by atoms with E-state index in [4.69, 9.17) is 4.42 Å². The standard InChI is InChI=1S/C21H20F2N2O4S/c1-30(27,28)24(13-16-4-3-9-29-16)11-15(26)12-25-19-8-7-14(22)10-17(19)21-18(23)5-2-6-20(21)25/h2-10,15,26H,11-13H2,1H3. The maximum atomic E-state index is 14.5. The van der Waals surface area contributed by atoms with E-state index in [0.29, 0.717) is 22.2 Å². The van der Waals surface area contributed by atoms with Crippen molar-refractivity contribution in [2.75, 3.05) is 12.8 Å². The van der Waals surface area contributed by atoms with E-state index in [1.807, 2.05) is 0 Å². The van der Waals surface area contributed by atoms with Gasteiger partial charge < -0.3 is 14.1 Å². The van der Waals surface area contributed by atoms with Gasteiger partial charge in [0.05, 0.1) is 37.2 Å². The highest BCUT2D eigenvalue weighted by atomic mass is 32.2. The highest BCUT2D eigenvalue weighted by molar-refractivity contribution is 7.88. The number of aliphatic hydroxyl groups is 1. The van der Waals surface area contributed by atoms with Gasteiger partial charge in [0.15, 0.2) is 0 Å². The average molecular weight is 434 g/mol. The molecule has 6 nitrogen and oxygen atoms in total. The molecule has 0 aliphatic heterocycles. The van der Waals surface area contributed by atoms with E-state index in [2.05, 4.69) is 0 Å². The molecule has 0 saturated carbocycles. The van der Waals surface area contributed by atoms with Gasteiger partial charge in [0.2, 0.25) is 10.0 Å². The summed E-state index contributed by atoms with van der Waals surface area (Å²) in [5.74, 6) is -0.541. The summed E-state index contributed by atoms with van der Waals surface area (Å²) in [5.41, 5.74) is 1.04. The molecule has 4 aromatic rings. The van der Waals surface area contributed by atoms with E-state index in [9.17, 15) is 22.3 Å². The fourth-order valence-corrected chi connectivity index (χ4v) is 4.48. The first-order chi connectivity index (χ1) is 14.2. The van der Waals surface area contributed by atoms with Crippen molar-refractivity contribution in [1.29, 1.82) is 0 Å². The first-order valence-electron chi connectivity index (χ1n) is 9.25. The molecule has 0 fully saturated rings. The number of hydrogen-bond acceptors (Lipinski definition) is 4. The van der Waals surface area contributed by atoms with Crippen LogP contribution >= 0.6 is 0 Å². The summed E-state index contributed by atoms with van der Waals surface area (Å²) in [6.07, 6.45) is 1.40. The van der Waals surface area contributed by atoms with Gasteiger partial charge in [-0.2, -0.15) is 4.31 Å². The molecular weight excluding hydrogens is 414 g/mol. The van der Waals surface area contributed by atoms with E-state index in [1.54, 1.807) is 22.8 Å². The van der Waals surface area contributed by atoms with Crippen LogP contribution in [0.2, 0.25) is 0 Å². The van der Waals surface area contributed by atoms with Crippen LogP contribution in [0.3, 0.4) is 0 Å². The van der Waals surface area contributed by atoms with E-state index in [1.165, 1.54) is 36.6 Å². The van der Waals surface area contributed by atoms with Gasteiger partial charge in [-0.3, -0.25) is 0 Å². The number of furan rings is 1. The monoisotopic (exact) mass is 434 g/mol. The third kappa shape index (κ3) is 3.96. The molecule has 30 heavy (non-hydrogen) atoms. The predicted molar refractivity (Wildman–Crippen MR) is 109 cm³/mol. The van der Waals surface area contributed by atoms with Crippen LogP contribution in [-0.2, 0) is 23.1 Å². The molecule has 2 heterocycles. The summed E-state index contributed by atoms with van der Waals surface area (Å²) in [4.78, 5) is 0. The summed E-state index contributed by atoms with van der Waals surface area (Å²) in [6, 6.07) is 11.9. The van der Waals surface area contributed by atoms with E-state index < -0.39 is 27.8 Å². The lowest BCUT2D eigenvalue weighted by Crippen LogP contribution is -2.38. The second kappa shape index (κ2) is 7.82. The Balaban J connectivity index is 1.68. The summed E-state index contributed by atoms with van der Waals surface area (Å²) in [7, 11) is -3.62. The maximum Gasteiger partial charge on any atom is 0.211 e. The Bertz CT molecular complexity index is 1300. The molecule has 1 atom stereocenters. The van der Waals surface area contributed by atoms with Crippen LogP contribution in [0, 0.1) is 11.6 Å². The Hall–Kier alpha value is -2.75. The lowest BCUT2D eigenvalue weighted by molar-refractivity contribution is 0.127. The molecule has 0 saturated heterocycles. The van der Waals surface area contributed by atoms with Crippen molar-refractivity contribution in [3.05, 3.63) is 72.2 Å². The Morgan fingerprint density at radius 3 is 2.63 bits per heavy atom. The molecule has 0 spiro atoms. The summed E-state index contributed by atoms with van der Waals surface area (Å²) in [6.45, 7) is -0.202. The molecule has 0 aliphatic carbocycles. The highest BCUT2D eigenvalue weighted by Gasteiger charge is 2.23. The van der Waals surface area contributed by atoms with Crippen LogP contribution in [0.1, 0.15) is 5.76 Å². The Morgan fingerprint density at radius 2 is 1.93 bits per heavy atom. The van der Waals surface area contributed by atoms with Gasteiger partial charge >= 0.3 is 0 Å². The van der Waals surface area contributed by atoms with Crippen molar-refractivity contribution in [1.82, 2.24) is 8.87 Å². The van der Waals surface area contributed by atoms with Gasteiger partial charge in [0.1, 0.15) is 17.4 Å². The number of benzene rings is 2. The van der Waals surface area contributed by atoms with E-state index >= 15 is 0 Å². The van der Waals surface area contributed by atoms with Crippen LogP contribution in [-0.4, -0.2) is 41.3 Å². The second-order valence-electron chi connectivity index (χ2n) is 7.19. The van der Waals surface area contributed by atoms with Crippen molar-refractivity contribution in [3.8, 4) is 0 Å².